The maximum atomic E-state index is 5.58. The van der Waals surface area contributed by atoms with Crippen molar-refractivity contribution >= 4 is 0 Å². The number of hydrogen-bond acceptors (Lipinski definition) is 1. The Kier molecular flexibility index (Phi) is 9.26. The van der Waals surface area contributed by atoms with Gasteiger partial charge in [0.05, 0.1) is 0 Å². The quantitative estimate of drug-likeness (QED) is 0.403. The summed E-state index contributed by atoms with van der Waals surface area (Å²) in [7, 11) is 0. The van der Waals surface area contributed by atoms with Crippen LogP contribution in [0, 0.1) is 17.8 Å². The highest BCUT2D eigenvalue weighted by atomic mass is 14.5. The predicted octanol–water partition coefficient (Wildman–Crippen LogP) is 5.69. The molecule has 0 aromatic carbocycles. The summed E-state index contributed by atoms with van der Waals surface area (Å²) < 4.78 is 0. The fourth-order valence-electron chi connectivity index (χ4n) is 3.91. The fourth-order valence-corrected chi connectivity index (χ4v) is 3.91. The Morgan fingerprint density at radius 2 is 1.80 bits per heavy atom. The largest absolute Gasteiger partial charge is 0.330 e. The van der Waals surface area contributed by atoms with Crippen LogP contribution in [-0.2, 0) is 0 Å². The average Bonchev–Trinajstić information content (AvgIpc) is 2.48. The molecule has 1 aliphatic carbocycles. The minimum atomic E-state index is 0.854. The molecule has 3 atom stereocenters. The standard InChI is InChI=1S/C19H37N/c1-4-11-19-17(6-3)14-16(5-2)15-18(19)12-9-7-8-10-13-20/h15-17,19H,4-14,20H2,1-3H3/t16-,17+,19+/m1/s1. The highest BCUT2D eigenvalue weighted by Gasteiger charge is 2.29. The maximum Gasteiger partial charge on any atom is -0.00773 e. The Bertz CT molecular complexity index is 269. The Morgan fingerprint density at radius 3 is 2.40 bits per heavy atom. The SMILES string of the molecule is CCC[C@@H]1C(CCCCCCN)=C[C@H](CC)C[C@@H]1CC. The lowest BCUT2D eigenvalue weighted by Gasteiger charge is -2.36. The van der Waals surface area contributed by atoms with Crippen LogP contribution in [0.2, 0.25) is 0 Å². The first-order valence-corrected chi connectivity index (χ1v) is 9.17. The van der Waals surface area contributed by atoms with E-state index in [-0.39, 0.29) is 0 Å². The molecule has 1 heteroatoms. The molecule has 0 fully saturated rings. The van der Waals surface area contributed by atoms with E-state index in [0.29, 0.717) is 0 Å². The van der Waals surface area contributed by atoms with Crippen LogP contribution in [0.15, 0.2) is 11.6 Å². The van der Waals surface area contributed by atoms with Gasteiger partial charge in [-0.15, -0.1) is 0 Å². The van der Waals surface area contributed by atoms with Crippen molar-refractivity contribution < 1.29 is 0 Å². The lowest BCUT2D eigenvalue weighted by atomic mass is 9.69. The molecule has 1 nitrogen and oxygen atoms in total. The Balaban J connectivity index is 2.57. The molecule has 0 aliphatic heterocycles. The molecule has 0 saturated heterocycles. The van der Waals surface area contributed by atoms with Crippen molar-refractivity contribution in [2.45, 2.75) is 85.0 Å². The Morgan fingerprint density at radius 1 is 1.05 bits per heavy atom. The summed E-state index contributed by atoms with van der Waals surface area (Å²) in [6.07, 6.45) is 16.1. The minimum absolute atomic E-state index is 0.854. The lowest BCUT2D eigenvalue weighted by molar-refractivity contribution is 0.261. The number of allylic oxidation sites excluding steroid dienone is 2. The van der Waals surface area contributed by atoms with E-state index in [1.54, 1.807) is 0 Å². The zero-order valence-electron chi connectivity index (χ0n) is 14.2. The van der Waals surface area contributed by atoms with E-state index < -0.39 is 0 Å². The third kappa shape index (κ3) is 5.60. The number of nitrogens with two attached hydrogens (primary N) is 1. The summed E-state index contributed by atoms with van der Waals surface area (Å²) in [6.45, 7) is 7.95. The molecule has 0 radical (unpaired) electrons. The lowest BCUT2D eigenvalue weighted by Crippen LogP contribution is -2.24. The normalized spacial score (nSPS) is 26.6. The van der Waals surface area contributed by atoms with Crippen molar-refractivity contribution in [3.63, 3.8) is 0 Å². The van der Waals surface area contributed by atoms with Gasteiger partial charge < -0.3 is 5.73 Å². The minimum Gasteiger partial charge on any atom is -0.330 e. The summed E-state index contributed by atoms with van der Waals surface area (Å²) in [5.41, 5.74) is 7.39. The fraction of sp³-hybridized carbons (Fsp3) is 0.895. The monoisotopic (exact) mass is 279 g/mol. The molecule has 0 spiro atoms. The second kappa shape index (κ2) is 10.4. The molecule has 1 aliphatic rings. The van der Waals surface area contributed by atoms with Gasteiger partial charge >= 0.3 is 0 Å². The summed E-state index contributed by atoms with van der Waals surface area (Å²) in [5.74, 6) is 2.69. The number of rotatable bonds is 10. The van der Waals surface area contributed by atoms with Crippen molar-refractivity contribution in [1.82, 2.24) is 0 Å². The van der Waals surface area contributed by atoms with Gasteiger partial charge in [-0.1, -0.05) is 58.1 Å². The van der Waals surface area contributed by atoms with Gasteiger partial charge in [-0.25, -0.2) is 0 Å². The van der Waals surface area contributed by atoms with Crippen molar-refractivity contribution in [3.8, 4) is 0 Å². The molecule has 2 N–H and O–H groups in total. The highest BCUT2D eigenvalue weighted by molar-refractivity contribution is 5.14. The van der Waals surface area contributed by atoms with Crippen LogP contribution in [0.3, 0.4) is 0 Å². The van der Waals surface area contributed by atoms with Gasteiger partial charge in [-0.3, -0.25) is 0 Å². The molecule has 0 heterocycles. The highest BCUT2D eigenvalue weighted by Crippen LogP contribution is 2.41. The Labute approximate surface area is 127 Å². The first-order chi connectivity index (χ1) is 9.76. The molecular formula is C19H37N. The van der Waals surface area contributed by atoms with Gasteiger partial charge in [0, 0.05) is 0 Å². The molecule has 0 aromatic rings. The van der Waals surface area contributed by atoms with Gasteiger partial charge in [0.25, 0.3) is 0 Å². The molecule has 118 valence electrons. The van der Waals surface area contributed by atoms with Crippen LogP contribution in [0.5, 0.6) is 0 Å². The van der Waals surface area contributed by atoms with E-state index in [2.05, 4.69) is 26.8 Å². The van der Waals surface area contributed by atoms with Gasteiger partial charge in [0.2, 0.25) is 0 Å². The van der Waals surface area contributed by atoms with E-state index in [1.807, 2.05) is 5.57 Å². The van der Waals surface area contributed by atoms with Crippen molar-refractivity contribution in [3.05, 3.63) is 11.6 Å². The van der Waals surface area contributed by atoms with Crippen molar-refractivity contribution in [1.29, 1.82) is 0 Å². The second-order valence-electron chi connectivity index (χ2n) is 6.66. The molecule has 20 heavy (non-hydrogen) atoms. The smallest absolute Gasteiger partial charge is 0.00773 e. The number of unbranched alkanes of at least 4 members (excludes halogenated alkanes) is 3. The molecule has 0 saturated carbocycles. The average molecular weight is 280 g/mol. The topological polar surface area (TPSA) is 26.0 Å². The summed E-state index contributed by atoms with van der Waals surface area (Å²) in [6, 6.07) is 0. The maximum absolute atomic E-state index is 5.58. The third-order valence-electron chi connectivity index (χ3n) is 5.17. The van der Waals surface area contributed by atoms with Crippen LogP contribution in [-0.4, -0.2) is 6.54 Å². The Hall–Kier alpha value is -0.300. The zero-order valence-corrected chi connectivity index (χ0v) is 14.2. The van der Waals surface area contributed by atoms with E-state index >= 15 is 0 Å². The van der Waals surface area contributed by atoms with E-state index in [9.17, 15) is 0 Å². The van der Waals surface area contributed by atoms with E-state index in [1.165, 1.54) is 64.2 Å². The number of hydrogen-bond donors (Lipinski definition) is 1. The van der Waals surface area contributed by atoms with Crippen LogP contribution in [0.25, 0.3) is 0 Å². The van der Waals surface area contributed by atoms with E-state index in [4.69, 9.17) is 5.73 Å². The van der Waals surface area contributed by atoms with Gasteiger partial charge in [-0.2, -0.15) is 0 Å². The van der Waals surface area contributed by atoms with Gasteiger partial charge in [-0.05, 0) is 62.8 Å². The van der Waals surface area contributed by atoms with Crippen molar-refractivity contribution in [2.24, 2.45) is 23.5 Å². The molecule has 0 aromatic heterocycles. The van der Waals surface area contributed by atoms with Crippen molar-refractivity contribution in [2.75, 3.05) is 6.54 Å². The molecular weight excluding hydrogens is 242 g/mol. The summed E-state index contributed by atoms with van der Waals surface area (Å²) >= 11 is 0. The molecule has 1 rings (SSSR count). The van der Waals surface area contributed by atoms with Gasteiger partial charge in [0.15, 0.2) is 0 Å². The molecule has 0 bridgehead atoms. The summed E-state index contributed by atoms with van der Waals surface area (Å²) in [5, 5.41) is 0. The first kappa shape index (κ1) is 17.8. The van der Waals surface area contributed by atoms with Crippen LogP contribution < -0.4 is 5.73 Å². The third-order valence-corrected chi connectivity index (χ3v) is 5.17. The predicted molar refractivity (Wildman–Crippen MR) is 90.8 cm³/mol. The molecule has 0 unspecified atom stereocenters. The zero-order chi connectivity index (χ0) is 14.8. The van der Waals surface area contributed by atoms with Gasteiger partial charge in [0.1, 0.15) is 0 Å². The van der Waals surface area contributed by atoms with Crippen LogP contribution >= 0.6 is 0 Å². The van der Waals surface area contributed by atoms with Crippen LogP contribution in [0.4, 0.5) is 0 Å². The molecule has 0 amide bonds. The summed E-state index contributed by atoms with van der Waals surface area (Å²) in [4.78, 5) is 0. The van der Waals surface area contributed by atoms with E-state index in [0.717, 1.165) is 24.3 Å². The second-order valence-corrected chi connectivity index (χ2v) is 6.66. The van der Waals surface area contributed by atoms with Crippen LogP contribution in [0.1, 0.15) is 85.0 Å². The first-order valence-electron chi connectivity index (χ1n) is 9.17.